The standard InChI is InChI=1S/C14H10F3NO2/c1-7-11(3-2-4-12(7)19)18-14(20)13-9(16)5-8(15)6-10(13)17/h2-6,19H,1H3,(H,18,20). The van der Waals surface area contributed by atoms with Gasteiger partial charge in [-0.15, -0.1) is 0 Å². The van der Waals surface area contributed by atoms with Gasteiger partial charge in [-0.3, -0.25) is 4.79 Å². The molecule has 0 atom stereocenters. The van der Waals surface area contributed by atoms with Gasteiger partial charge in [-0.05, 0) is 19.1 Å². The first-order chi connectivity index (χ1) is 9.40. The fourth-order valence-corrected chi connectivity index (χ4v) is 1.70. The Hall–Kier alpha value is -2.50. The first-order valence-electron chi connectivity index (χ1n) is 5.64. The van der Waals surface area contributed by atoms with Crippen molar-refractivity contribution >= 4 is 11.6 Å². The predicted octanol–water partition coefficient (Wildman–Crippen LogP) is 3.37. The SMILES string of the molecule is Cc1c(O)cccc1NC(=O)c1c(F)cc(F)cc1F. The molecule has 2 rings (SSSR count). The number of phenolic OH excluding ortho intramolecular Hbond substituents is 1. The molecule has 0 unspecified atom stereocenters. The number of hydrogen-bond donors (Lipinski definition) is 2. The smallest absolute Gasteiger partial charge is 0.261 e. The van der Waals surface area contributed by atoms with Crippen molar-refractivity contribution in [3.63, 3.8) is 0 Å². The number of aromatic hydroxyl groups is 1. The highest BCUT2D eigenvalue weighted by molar-refractivity contribution is 6.05. The van der Waals surface area contributed by atoms with Crippen molar-refractivity contribution in [2.24, 2.45) is 0 Å². The van der Waals surface area contributed by atoms with E-state index in [2.05, 4.69) is 5.32 Å². The van der Waals surface area contributed by atoms with Gasteiger partial charge in [-0.1, -0.05) is 6.07 Å². The van der Waals surface area contributed by atoms with Crippen molar-refractivity contribution in [1.82, 2.24) is 0 Å². The van der Waals surface area contributed by atoms with Gasteiger partial charge in [0.2, 0.25) is 0 Å². The Labute approximate surface area is 112 Å². The average Bonchev–Trinajstić information content (AvgIpc) is 2.33. The van der Waals surface area contributed by atoms with E-state index in [1.54, 1.807) is 0 Å². The summed E-state index contributed by atoms with van der Waals surface area (Å²) in [5.74, 6) is -4.82. The van der Waals surface area contributed by atoms with Gasteiger partial charge in [0, 0.05) is 23.4 Å². The maximum absolute atomic E-state index is 13.5. The maximum atomic E-state index is 13.5. The molecule has 20 heavy (non-hydrogen) atoms. The fourth-order valence-electron chi connectivity index (χ4n) is 1.70. The van der Waals surface area contributed by atoms with Gasteiger partial charge in [-0.2, -0.15) is 0 Å². The molecule has 0 bridgehead atoms. The molecule has 0 aliphatic heterocycles. The van der Waals surface area contributed by atoms with Crippen molar-refractivity contribution in [2.75, 3.05) is 5.32 Å². The van der Waals surface area contributed by atoms with Gasteiger partial charge in [0.05, 0.1) is 0 Å². The molecule has 0 spiro atoms. The second kappa shape index (κ2) is 5.24. The van der Waals surface area contributed by atoms with E-state index in [9.17, 15) is 23.1 Å². The van der Waals surface area contributed by atoms with Gasteiger partial charge in [-0.25, -0.2) is 13.2 Å². The normalized spacial score (nSPS) is 10.4. The van der Waals surface area contributed by atoms with E-state index < -0.39 is 28.9 Å². The number of rotatable bonds is 2. The van der Waals surface area contributed by atoms with Gasteiger partial charge < -0.3 is 10.4 Å². The molecule has 104 valence electrons. The molecule has 2 aromatic rings. The predicted molar refractivity (Wildman–Crippen MR) is 67.1 cm³/mol. The zero-order chi connectivity index (χ0) is 14.9. The number of nitrogens with one attached hydrogen (secondary N) is 1. The highest BCUT2D eigenvalue weighted by atomic mass is 19.1. The van der Waals surface area contributed by atoms with Crippen LogP contribution in [0.25, 0.3) is 0 Å². The molecule has 0 fully saturated rings. The van der Waals surface area contributed by atoms with Crippen LogP contribution in [-0.2, 0) is 0 Å². The molecule has 0 radical (unpaired) electrons. The Kier molecular flexibility index (Phi) is 3.65. The van der Waals surface area contributed by atoms with Crippen molar-refractivity contribution in [3.05, 3.63) is 58.9 Å². The highest BCUT2D eigenvalue weighted by Crippen LogP contribution is 2.25. The summed E-state index contributed by atoms with van der Waals surface area (Å²) in [6.07, 6.45) is 0. The quantitative estimate of drug-likeness (QED) is 0.886. The van der Waals surface area contributed by atoms with Crippen molar-refractivity contribution in [1.29, 1.82) is 0 Å². The molecule has 0 heterocycles. The zero-order valence-corrected chi connectivity index (χ0v) is 10.4. The van der Waals surface area contributed by atoms with E-state index in [1.807, 2.05) is 0 Å². The van der Waals surface area contributed by atoms with Crippen LogP contribution >= 0.6 is 0 Å². The van der Waals surface area contributed by atoms with Crippen molar-refractivity contribution in [3.8, 4) is 5.75 Å². The summed E-state index contributed by atoms with van der Waals surface area (Å²) in [6.45, 7) is 1.53. The van der Waals surface area contributed by atoms with E-state index in [-0.39, 0.29) is 11.4 Å². The Morgan fingerprint density at radius 2 is 1.75 bits per heavy atom. The van der Waals surface area contributed by atoms with Gasteiger partial charge in [0.15, 0.2) is 0 Å². The molecule has 1 amide bonds. The highest BCUT2D eigenvalue weighted by Gasteiger charge is 2.19. The third-order valence-corrected chi connectivity index (χ3v) is 2.79. The molecule has 0 saturated heterocycles. The summed E-state index contributed by atoms with van der Waals surface area (Å²) in [4.78, 5) is 11.8. The molecular formula is C14H10F3NO2. The third kappa shape index (κ3) is 2.59. The summed E-state index contributed by atoms with van der Waals surface area (Å²) in [5.41, 5.74) is -0.323. The number of benzene rings is 2. The van der Waals surface area contributed by atoms with E-state index >= 15 is 0 Å². The Bertz CT molecular complexity index is 663. The molecule has 3 nitrogen and oxygen atoms in total. The monoisotopic (exact) mass is 281 g/mol. The maximum Gasteiger partial charge on any atom is 0.261 e. The first kappa shape index (κ1) is 13.9. The van der Waals surface area contributed by atoms with Crippen molar-refractivity contribution in [2.45, 2.75) is 6.92 Å². The molecule has 6 heteroatoms. The number of hydrogen-bond acceptors (Lipinski definition) is 2. The van der Waals surface area contributed by atoms with Crippen LogP contribution in [0.5, 0.6) is 5.75 Å². The van der Waals surface area contributed by atoms with E-state index in [1.165, 1.54) is 25.1 Å². The molecule has 0 aromatic heterocycles. The summed E-state index contributed by atoms with van der Waals surface area (Å²) in [7, 11) is 0. The van der Waals surface area contributed by atoms with Gasteiger partial charge in [0.25, 0.3) is 5.91 Å². The largest absolute Gasteiger partial charge is 0.508 e. The minimum Gasteiger partial charge on any atom is -0.508 e. The zero-order valence-electron chi connectivity index (χ0n) is 10.4. The lowest BCUT2D eigenvalue weighted by Gasteiger charge is -2.10. The van der Waals surface area contributed by atoms with Crippen LogP contribution in [-0.4, -0.2) is 11.0 Å². The van der Waals surface area contributed by atoms with Crippen LogP contribution < -0.4 is 5.32 Å². The van der Waals surface area contributed by atoms with E-state index in [4.69, 9.17) is 0 Å². The number of anilines is 1. The van der Waals surface area contributed by atoms with Gasteiger partial charge in [0.1, 0.15) is 28.8 Å². The van der Waals surface area contributed by atoms with Crippen LogP contribution in [0, 0.1) is 24.4 Å². The second-order valence-corrected chi connectivity index (χ2v) is 4.15. The van der Waals surface area contributed by atoms with Crippen LogP contribution in [0.2, 0.25) is 0 Å². The lowest BCUT2D eigenvalue weighted by molar-refractivity contribution is 0.101. The summed E-state index contributed by atoms with van der Waals surface area (Å²) in [6, 6.07) is 5.19. The topological polar surface area (TPSA) is 49.3 Å². The number of halogens is 3. The molecule has 2 N–H and O–H groups in total. The number of phenols is 1. The van der Waals surface area contributed by atoms with Gasteiger partial charge >= 0.3 is 0 Å². The fraction of sp³-hybridized carbons (Fsp3) is 0.0714. The molecule has 2 aromatic carbocycles. The summed E-state index contributed by atoms with van der Waals surface area (Å²) >= 11 is 0. The second-order valence-electron chi connectivity index (χ2n) is 4.15. The minimum absolute atomic E-state index is 0.0668. The van der Waals surface area contributed by atoms with Crippen LogP contribution in [0.3, 0.4) is 0 Å². The number of carbonyl (C=O) groups excluding carboxylic acids is 1. The Morgan fingerprint density at radius 3 is 2.35 bits per heavy atom. The molecular weight excluding hydrogens is 271 g/mol. The lowest BCUT2D eigenvalue weighted by Crippen LogP contribution is -2.16. The van der Waals surface area contributed by atoms with Crippen LogP contribution in [0.1, 0.15) is 15.9 Å². The third-order valence-electron chi connectivity index (χ3n) is 2.79. The average molecular weight is 281 g/mol. The van der Waals surface area contributed by atoms with Crippen LogP contribution in [0.4, 0.5) is 18.9 Å². The Balaban J connectivity index is 2.36. The molecule has 0 saturated carbocycles. The molecule has 0 aliphatic carbocycles. The summed E-state index contributed by atoms with van der Waals surface area (Å²) in [5, 5.41) is 11.7. The van der Waals surface area contributed by atoms with E-state index in [0.717, 1.165) is 0 Å². The number of carbonyl (C=O) groups is 1. The van der Waals surface area contributed by atoms with Crippen molar-refractivity contribution < 1.29 is 23.1 Å². The molecule has 0 aliphatic rings. The Morgan fingerprint density at radius 1 is 1.15 bits per heavy atom. The minimum atomic E-state index is -1.29. The summed E-state index contributed by atoms with van der Waals surface area (Å²) < 4.78 is 39.7. The lowest BCUT2D eigenvalue weighted by atomic mass is 10.1. The first-order valence-corrected chi connectivity index (χ1v) is 5.64. The number of amides is 1. The van der Waals surface area contributed by atoms with Crippen LogP contribution in [0.15, 0.2) is 30.3 Å². The van der Waals surface area contributed by atoms with E-state index in [0.29, 0.717) is 17.7 Å².